The molecule has 0 aromatic heterocycles. The van der Waals surface area contributed by atoms with Crippen LogP contribution in [0.15, 0.2) is 33.8 Å². The molecule has 0 spiro atoms. The first kappa shape index (κ1) is 13.8. The van der Waals surface area contributed by atoms with Gasteiger partial charge in [-0.2, -0.15) is 0 Å². The van der Waals surface area contributed by atoms with E-state index in [1.165, 1.54) is 36.9 Å². The van der Waals surface area contributed by atoms with E-state index >= 15 is 0 Å². The van der Waals surface area contributed by atoms with Gasteiger partial charge in [-0.15, -0.1) is 0 Å². The maximum atomic E-state index is 6.01. The number of nitrogens with two attached hydrogens (primary N) is 1. The summed E-state index contributed by atoms with van der Waals surface area (Å²) in [5.74, 6) is 0. The summed E-state index contributed by atoms with van der Waals surface area (Å²) in [7, 11) is 0. The number of hydrogen-bond acceptors (Lipinski definition) is 3. The number of thioether (sulfide) groups is 1. The topological polar surface area (TPSA) is 38.0 Å². The predicted octanol–water partition coefficient (Wildman–Crippen LogP) is 4.29. The summed E-state index contributed by atoms with van der Waals surface area (Å²) in [6.45, 7) is 0. The molecule has 0 amide bonds. The van der Waals surface area contributed by atoms with Crippen molar-refractivity contribution in [3.05, 3.63) is 44.4 Å². The quantitative estimate of drug-likeness (QED) is 0.827. The summed E-state index contributed by atoms with van der Waals surface area (Å²) >= 11 is 11.3. The molecule has 1 fully saturated rings. The van der Waals surface area contributed by atoms with Crippen molar-refractivity contribution < 1.29 is 0 Å². The van der Waals surface area contributed by atoms with Crippen LogP contribution in [-0.2, 0) is 5.41 Å². The molecular formula is C14H16BrClN2S. The van der Waals surface area contributed by atoms with Crippen molar-refractivity contribution in [2.24, 2.45) is 5.73 Å². The summed E-state index contributed by atoms with van der Waals surface area (Å²) in [6.07, 6.45) is 4.85. The maximum absolute atomic E-state index is 6.01. The van der Waals surface area contributed by atoms with Crippen LogP contribution >= 0.6 is 39.3 Å². The van der Waals surface area contributed by atoms with Crippen LogP contribution in [0.2, 0.25) is 5.02 Å². The summed E-state index contributed by atoms with van der Waals surface area (Å²) in [5, 5.41) is 4.23. The molecule has 3 rings (SSSR count). The van der Waals surface area contributed by atoms with Crippen molar-refractivity contribution in [3.8, 4) is 0 Å². The predicted molar refractivity (Wildman–Crippen MR) is 86.3 cm³/mol. The van der Waals surface area contributed by atoms with E-state index in [-0.39, 0.29) is 10.9 Å². The summed E-state index contributed by atoms with van der Waals surface area (Å²) < 4.78 is 1.15. The standard InChI is InChI=1S/C14H16BrClN2S/c15-12-11(18-13(17)19-12)14(7-1-2-8-14)9-3-5-10(16)6-4-9/h3-6,13,18H,1-2,7-8,17H2. The first-order valence-corrected chi connectivity index (χ1v) is 8.52. The molecule has 102 valence electrons. The van der Waals surface area contributed by atoms with E-state index in [0.717, 1.165) is 8.84 Å². The molecule has 1 saturated carbocycles. The number of hydrogen-bond donors (Lipinski definition) is 2. The number of allylic oxidation sites excluding steroid dienone is 1. The van der Waals surface area contributed by atoms with Crippen LogP contribution in [0.3, 0.4) is 0 Å². The van der Waals surface area contributed by atoms with E-state index in [0.29, 0.717) is 0 Å². The first-order valence-electron chi connectivity index (χ1n) is 6.47. The van der Waals surface area contributed by atoms with Crippen LogP contribution in [0.1, 0.15) is 31.2 Å². The van der Waals surface area contributed by atoms with Crippen molar-refractivity contribution in [2.75, 3.05) is 0 Å². The SMILES string of the molecule is NC1NC(C2(c3ccc(Cl)cc3)CCCC2)=C(Br)S1. The highest BCUT2D eigenvalue weighted by molar-refractivity contribution is 9.14. The van der Waals surface area contributed by atoms with Crippen molar-refractivity contribution in [1.82, 2.24) is 5.32 Å². The van der Waals surface area contributed by atoms with Crippen molar-refractivity contribution in [1.29, 1.82) is 0 Å². The van der Waals surface area contributed by atoms with Gasteiger partial charge in [-0.25, -0.2) is 0 Å². The van der Waals surface area contributed by atoms with Gasteiger partial charge in [0.05, 0.1) is 3.81 Å². The van der Waals surface area contributed by atoms with Crippen molar-refractivity contribution in [3.63, 3.8) is 0 Å². The van der Waals surface area contributed by atoms with Crippen LogP contribution in [0.5, 0.6) is 0 Å². The Balaban J connectivity index is 2.05. The zero-order valence-electron chi connectivity index (χ0n) is 10.5. The van der Waals surface area contributed by atoms with Gasteiger partial charge < -0.3 is 11.1 Å². The fourth-order valence-electron chi connectivity index (χ4n) is 3.16. The molecule has 1 unspecified atom stereocenters. The van der Waals surface area contributed by atoms with Gasteiger partial charge in [0.15, 0.2) is 0 Å². The van der Waals surface area contributed by atoms with E-state index in [2.05, 4.69) is 33.4 Å². The highest BCUT2D eigenvalue weighted by Gasteiger charge is 2.43. The van der Waals surface area contributed by atoms with E-state index in [9.17, 15) is 0 Å². The van der Waals surface area contributed by atoms with Gasteiger partial charge in [-0.3, -0.25) is 0 Å². The van der Waals surface area contributed by atoms with Gasteiger partial charge >= 0.3 is 0 Å². The third kappa shape index (κ3) is 2.44. The molecule has 5 heteroatoms. The zero-order chi connectivity index (χ0) is 13.5. The summed E-state index contributed by atoms with van der Waals surface area (Å²) in [4.78, 5) is 0. The minimum Gasteiger partial charge on any atom is -0.362 e. The molecule has 19 heavy (non-hydrogen) atoms. The zero-order valence-corrected chi connectivity index (χ0v) is 13.6. The molecule has 1 aromatic carbocycles. The Bertz CT molecular complexity index is 509. The number of rotatable bonds is 2. The highest BCUT2D eigenvalue weighted by atomic mass is 79.9. The Morgan fingerprint density at radius 1 is 1.26 bits per heavy atom. The molecule has 0 bridgehead atoms. The second-order valence-electron chi connectivity index (χ2n) is 5.13. The van der Waals surface area contributed by atoms with E-state index in [1.807, 2.05) is 12.1 Å². The largest absolute Gasteiger partial charge is 0.362 e. The molecule has 1 aliphatic carbocycles. The highest BCUT2D eigenvalue weighted by Crippen LogP contribution is 2.51. The van der Waals surface area contributed by atoms with Crippen LogP contribution in [0.4, 0.5) is 0 Å². The molecule has 0 saturated heterocycles. The smallest absolute Gasteiger partial charge is 0.128 e. The fourth-order valence-corrected chi connectivity index (χ4v) is 5.15. The Hall–Kier alpha value is -0.160. The molecule has 1 atom stereocenters. The van der Waals surface area contributed by atoms with Crippen LogP contribution in [0, 0.1) is 0 Å². The van der Waals surface area contributed by atoms with Crippen LogP contribution in [-0.4, -0.2) is 5.50 Å². The first-order chi connectivity index (χ1) is 9.12. The number of nitrogens with one attached hydrogen (secondary N) is 1. The molecule has 1 heterocycles. The Labute approximate surface area is 131 Å². The monoisotopic (exact) mass is 358 g/mol. The lowest BCUT2D eigenvalue weighted by molar-refractivity contribution is 0.481. The van der Waals surface area contributed by atoms with E-state index in [4.69, 9.17) is 17.3 Å². The lowest BCUT2D eigenvalue weighted by atomic mass is 9.76. The summed E-state index contributed by atoms with van der Waals surface area (Å²) in [6, 6.07) is 8.26. The lowest BCUT2D eigenvalue weighted by Crippen LogP contribution is -2.38. The van der Waals surface area contributed by atoms with Crippen molar-refractivity contribution in [2.45, 2.75) is 36.6 Å². The second-order valence-corrected chi connectivity index (χ2v) is 8.03. The average Bonchev–Trinajstić information content (AvgIpc) is 2.98. The van der Waals surface area contributed by atoms with Gasteiger partial charge in [0, 0.05) is 16.1 Å². The van der Waals surface area contributed by atoms with Gasteiger partial charge in [-0.05, 0) is 46.5 Å². The van der Waals surface area contributed by atoms with Gasteiger partial charge in [0.25, 0.3) is 0 Å². The van der Waals surface area contributed by atoms with Crippen LogP contribution in [0.25, 0.3) is 0 Å². The molecule has 2 aliphatic rings. The van der Waals surface area contributed by atoms with Gasteiger partial charge in [0.1, 0.15) is 5.50 Å². The Morgan fingerprint density at radius 2 is 1.89 bits per heavy atom. The maximum Gasteiger partial charge on any atom is 0.128 e. The minimum atomic E-state index is -0.0471. The molecular weight excluding hydrogens is 344 g/mol. The lowest BCUT2D eigenvalue weighted by Gasteiger charge is -2.32. The number of benzene rings is 1. The van der Waals surface area contributed by atoms with Crippen LogP contribution < -0.4 is 11.1 Å². The van der Waals surface area contributed by atoms with E-state index in [1.54, 1.807) is 11.8 Å². The molecule has 1 aromatic rings. The Morgan fingerprint density at radius 3 is 2.42 bits per heavy atom. The van der Waals surface area contributed by atoms with Crippen molar-refractivity contribution >= 4 is 39.3 Å². The third-order valence-electron chi connectivity index (χ3n) is 4.05. The van der Waals surface area contributed by atoms with Gasteiger partial charge in [0.2, 0.25) is 0 Å². The second kappa shape index (κ2) is 5.32. The van der Waals surface area contributed by atoms with E-state index < -0.39 is 0 Å². The average molecular weight is 360 g/mol. The molecule has 1 aliphatic heterocycles. The Kier molecular flexibility index (Phi) is 3.87. The summed E-state index contributed by atoms with van der Waals surface area (Å²) in [5.41, 5.74) is 8.62. The minimum absolute atomic E-state index is 0.0471. The number of halogens is 2. The third-order valence-corrected chi connectivity index (χ3v) is 6.04. The normalized spacial score (nSPS) is 25.7. The van der Waals surface area contributed by atoms with Gasteiger partial charge in [-0.1, -0.05) is 48.3 Å². The fraction of sp³-hybridized carbons (Fsp3) is 0.429. The molecule has 3 N–H and O–H groups in total. The molecule has 2 nitrogen and oxygen atoms in total. The molecule has 0 radical (unpaired) electrons.